The molecule has 0 radical (unpaired) electrons. The van der Waals surface area contributed by atoms with E-state index in [9.17, 15) is 8.42 Å². The number of benzene rings is 2. The molecule has 1 N–H and O–H groups in total. The van der Waals surface area contributed by atoms with E-state index in [0.29, 0.717) is 11.0 Å². The van der Waals surface area contributed by atoms with Crippen molar-refractivity contribution in [3.63, 3.8) is 0 Å². The molecular formula is C14H13BrN2O2S. The summed E-state index contributed by atoms with van der Waals surface area (Å²) in [4.78, 5) is 2.44. The maximum Gasteiger partial charge on any atom is 0.276 e. The van der Waals surface area contributed by atoms with E-state index in [-0.39, 0.29) is 4.90 Å². The second-order valence-electron chi connectivity index (χ2n) is 3.97. The molecule has 0 unspecified atom stereocenters. The van der Waals surface area contributed by atoms with Gasteiger partial charge in [-0.3, -0.25) is 0 Å². The minimum atomic E-state index is -3.63. The number of nitrogens with one attached hydrogen (secondary N) is 1. The van der Waals surface area contributed by atoms with Crippen LogP contribution in [0, 0.1) is 0 Å². The summed E-state index contributed by atoms with van der Waals surface area (Å²) in [5.74, 6) is 0. The van der Waals surface area contributed by atoms with Gasteiger partial charge in [-0.1, -0.05) is 64.5 Å². The Morgan fingerprint density at radius 3 is 2.10 bits per heavy atom. The lowest BCUT2D eigenvalue weighted by atomic mass is 10.1. The SMILES string of the molecule is O=S(=O)(N/N=C(\CBr)c1ccccc1)c1ccccc1. The normalized spacial score (nSPS) is 12.2. The quantitative estimate of drug-likeness (QED) is 0.511. The van der Waals surface area contributed by atoms with Crippen LogP contribution in [0.15, 0.2) is 70.7 Å². The van der Waals surface area contributed by atoms with Crippen molar-refractivity contribution in [3.8, 4) is 0 Å². The van der Waals surface area contributed by atoms with Crippen molar-refractivity contribution in [2.45, 2.75) is 4.90 Å². The summed E-state index contributed by atoms with van der Waals surface area (Å²) >= 11 is 3.31. The van der Waals surface area contributed by atoms with Gasteiger partial charge in [0.2, 0.25) is 0 Å². The number of alkyl halides is 1. The summed E-state index contributed by atoms with van der Waals surface area (Å²) in [5.41, 5.74) is 1.48. The van der Waals surface area contributed by atoms with Crippen molar-refractivity contribution in [2.75, 3.05) is 5.33 Å². The average molecular weight is 353 g/mol. The van der Waals surface area contributed by atoms with E-state index in [1.807, 2.05) is 30.3 Å². The van der Waals surface area contributed by atoms with Gasteiger partial charge < -0.3 is 0 Å². The monoisotopic (exact) mass is 352 g/mol. The van der Waals surface area contributed by atoms with E-state index in [1.165, 1.54) is 12.1 Å². The van der Waals surface area contributed by atoms with Crippen molar-refractivity contribution in [1.82, 2.24) is 4.83 Å². The minimum Gasteiger partial charge on any atom is -0.200 e. The summed E-state index contributed by atoms with van der Waals surface area (Å²) in [7, 11) is -3.63. The Bertz CT molecular complexity index is 686. The van der Waals surface area contributed by atoms with Gasteiger partial charge in [-0.2, -0.15) is 18.4 Å². The summed E-state index contributed by atoms with van der Waals surface area (Å²) in [6.45, 7) is 0. The van der Waals surface area contributed by atoms with E-state index in [2.05, 4.69) is 25.9 Å². The fourth-order valence-electron chi connectivity index (χ4n) is 1.57. The topological polar surface area (TPSA) is 58.5 Å². The third kappa shape index (κ3) is 3.68. The first-order valence-corrected chi connectivity index (χ1v) is 8.49. The van der Waals surface area contributed by atoms with Crippen LogP contribution in [-0.4, -0.2) is 19.5 Å². The first kappa shape index (κ1) is 14.7. The largest absolute Gasteiger partial charge is 0.276 e. The molecule has 0 amide bonds. The molecule has 2 aromatic rings. The van der Waals surface area contributed by atoms with E-state index >= 15 is 0 Å². The van der Waals surface area contributed by atoms with Crippen LogP contribution < -0.4 is 4.83 Å². The van der Waals surface area contributed by atoms with Crippen LogP contribution in [0.3, 0.4) is 0 Å². The highest BCUT2D eigenvalue weighted by Gasteiger charge is 2.12. The van der Waals surface area contributed by atoms with Crippen LogP contribution >= 0.6 is 15.9 Å². The van der Waals surface area contributed by atoms with E-state index < -0.39 is 10.0 Å². The number of hydrogen-bond donors (Lipinski definition) is 1. The highest BCUT2D eigenvalue weighted by Crippen LogP contribution is 2.08. The predicted molar refractivity (Wildman–Crippen MR) is 83.5 cm³/mol. The standard InChI is InChI=1S/C14H13BrN2O2S/c15-11-14(12-7-3-1-4-8-12)16-17-20(18,19)13-9-5-2-6-10-13/h1-10,17H,11H2/b16-14+. The molecule has 2 aromatic carbocycles. The minimum absolute atomic E-state index is 0.186. The van der Waals surface area contributed by atoms with Crippen LogP contribution in [0.2, 0.25) is 0 Å². The second-order valence-corrected chi connectivity index (χ2v) is 6.19. The molecule has 2 rings (SSSR count). The fraction of sp³-hybridized carbons (Fsp3) is 0.0714. The van der Waals surface area contributed by atoms with Gasteiger partial charge in [0, 0.05) is 5.33 Å². The molecule has 0 bridgehead atoms. The number of hydrazone groups is 1. The lowest BCUT2D eigenvalue weighted by molar-refractivity contribution is 0.584. The van der Waals surface area contributed by atoms with Gasteiger partial charge >= 0.3 is 0 Å². The van der Waals surface area contributed by atoms with E-state index in [1.54, 1.807) is 18.2 Å². The maximum absolute atomic E-state index is 12.1. The highest BCUT2D eigenvalue weighted by atomic mass is 79.9. The van der Waals surface area contributed by atoms with Gasteiger partial charge in [0.05, 0.1) is 10.6 Å². The predicted octanol–water partition coefficient (Wildman–Crippen LogP) is 2.76. The number of sulfonamides is 1. The van der Waals surface area contributed by atoms with Crippen molar-refractivity contribution in [2.24, 2.45) is 5.10 Å². The smallest absolute Gasteiger partial charge is 0.200 e. The van der Waals surface area contributed by atoms with Crippen LogP contribution in [0.5, 0.6) is 0 Å². The van der Waals surface area contributed by atoms with Gasteiger partial charge in [-0.05, 0) is 17.7 Å². The third-order valence-electron chi connectivity index (χ3n) is 2.59. The number of rotatable bonds is 5. The Morgan fingerprint density at radius 2 is 1.55 bits per heavy atom. The molecule has 20 heavy (non-hydrogen) atoms. The lowest BCUT2D eigenvalue weighted by Crippen LogP contribution is -2.21. The van der Waals surface area contributed by atoms with Gasteiger partial charge in [0.25, 0.3) is 10.0 Å². The molecule has 0 spiro atoms. The number of halogens is 1. The van der Waals surface area contributed by atoms with Crippen LogP contribution in [0.1, 0.15) is 5.56 Å². The molecule has 0 atom stereocenters. The van der Waals surface area contributed by atoms with Crippen LogP contribution in [0.4, 0.5) is 0 Å². The molecular weight excluding hydrogens is 340 g/mol. The first-order chi connectivity index (χ1) is 9.63. The molecule has 6 heteroatoms. The van der Waals surface area contributed by atoms with Gasteiger partial charge in [0.1, 0.15) is 0 Å². The maximum atomic E-state index is 12.1. The summed E-state index contributed by atoms with van der Waals surface area (Å²) < 4.78 is 24.1. The molecule has 104 valence electrons. The Morgan fingerprint density at radius 1 is 1.00 bits per heavy atom. The zero-order chi connectivity index (χ0) is 14.4. The average Bonchev–Trinajstić information content (AvgIpc) is 2.50. The summed E-state index contributed by atoms with van der Waals surface area (Å²) in [6.07, 6.45) is 0. The van der Waals surface area contributed by atoms with Gasteiger partial charge in [-0.15, -0.1) is 0 Å². The van der Waals surface area contributed by atoms with Gasteiger partial charge in [-0.25, -0.2) is 0 Å². The third-order valence-corrected chi connectivity index (χ3v) is 4.34. The zero-order valence-corrected chi connectivity index (χ0v) is 12.9. The van der Waals surface area contributed by atoms with E-state index in [4.69, 9.17) is 0 Å². The van der Waals surface area contributed by atoms with Crippen molar-refractivity contribution in [3.05, 3.63) is 66.2 Å². The highest BCUT2D eigenvalue weighted by molar-refractivity contribution is 9.09. The lowest BCUT2D eigenvalue weighted by Gasteiger charge is -2.06. The molecule has 0 aliphatic heterocycles. The summed E-state index contributed by atoms with van der Waals surface area (Å²) in [6, 6.07) is 17.5. The van der Waals surface area contributed by atoms with Crippen LogP contribution in [0.25, 0.3) is 0 Å². The van der Waals surface area contributed by atoms with Crippen molar-refractivity contribution < 1.29 is 8.42 Å². The van der Waals surface area contributed by atoms with Crippen LogP contribution in [-0.2, 0) is 10.0 Å². The van der Waals surface area contributed by atoms with Gasteiger partial charge in [0.15, 0.2) is 0 Å². The molecule has 0 heterocycles. The zero-order valence-electron chi connectivity index (χ0n) is 10.5. The first-order valence-electron chi connectivity index (χ1n) is 5.88. The Balaban J connectivity index is 2.23. The molecule has 4 nitrogen and oxygen atoms in total. The Hall–Kier alpha value is -1.66. The molecule has 0 saturated heterocycles. The molecule has 0 aliphatic rings. The molecule has 0 aromatic heterocycles. The van der Waals surface area contributed by atoms with Crippen molar-refractivity contribution >= 4 is 31.7 Å². The molecule has 0 fully saturated rings. The molecule has 0 aliphatic carbocycles. The van der Waals surface area contributed by atoms with E-state index in [0.717, 1.165) is 5.56 Å². The second kappa shape index (κ2) is 6.67. The molecule has 0 saturated carbocycles. The number of nitrogens with zero attached hydrogens (tertiary/aromatic N) is 1. The van der Waals surface area contributed by atoms with Crippen molar-refractivity contribution in [1.29, 1.82) is 0 Å². The summed E-state index contributed by atoms with van der Waals surface area (Å²) in [5, 5.41) is 4.45. The Labute approximate surface area is 126 Å². The fourth-order valence-corrected chi connectivity index (χ4v) is 2.87. The number of hydrogen-bond acceptors (Lipinski definition) is 3. The Kier molecular flexibility index (Phi) is 4.92.